The van der Waals surface area contributed by atoms with Crippen molar-refractivity contribution < 1.29 is 9.59 Å². The lowest BCUT2D eigenvalue weighted by molar-refractivity contribution is -0.134. The van der Waals surface area contributed by atoms with Gasteiger partial charge in [-0.1, -0.05) is 44.2 Å². The van der Waals surface area contributed by atoms with E-state index < -0.39 is 0 Å². The molecule has 5 nitrogen and oxygen atoms in total. The summed E-state index contributed by atoms with van der Waals surface area (Å²) in [4.78, 5) is 33.4. The number of amides is 2. The van der Waals surface area contributed by atoms with Gasteiger partial charge in [0.15, 0.2) is 0 Å². The summed E-state index contributed by atoms with van der Waals surface area (Å²) >= 11 is 1.82. The van der Waals surface area contributed by atoms with E-state index in [4.69, 9.17) is 0 Å². The van der Waals surface area contributed by atoms with Gasteiger partial charge in [-0.3, -0.25) is 14.5 Å². The molecule has 1 aromatic carbocycles. The summed E-state index contributed by atoms with van der Waals surface area (Å²) in [6.07, 6.45) is 2.44. The Bertz CT molecular complexity index is 895. The Kier molecular flexibility index (Phi) is 7.08. The van der Waals surface area contributed by atoms with E-state index in [1.165, 1.54) is 16.0 Å². The second-order valence-corrected chi connectivity index (χ2v) is 10.0. The lowest BCUT2D eigenvalue weighted by Gasteiger charge is -2.37. The van der Waals surface area contributed by atoms with Gasteiger partial charge in [0.25, 0.3) is 0 Å². The number of carbonyl (C=O) groups excluding carboxylic acids is 2. The molecule has 1 aromatic heterocycles. The highest BCUT2D eigenvalue weighted by Crippen LogP contribution is 2.37. The highest BCUT2D eigenvalue weighted by atomic mass is 32.1. The molecule has 166 valence electrons. The molecule has 3 heterocycles. The molecule has 2 amide bonds. The quantitative estimate of drug-likeness (QED) is 0.712. The van der Waals surface area contributed by atoms with Crippen LogP contribution in [0, 0.1) is 5.92 Å². The molecule has 31 heavy (non-hydrogen) atoms. The Morgan fingerprint density at radius 2 is 1.68 bits per heavy atom. The Morgan fingerprint density at radius 3 is 2.39 bits per heavy atom. The molecule has 2 aromatic rings. The summed E-state index contributed by atoms with van der Waals surface area (Å²) in [6, 6.07) is 12.9. The maximum absolute atomic E-state index is 13.3. The van der Waals surface area contributed by atoms with Crippen molar-refractivity contribution in [1.82, 2.24) is 14.7 Å². The van der Waals surface area contributed by atoms with E-state index in [1.807, 2.05) is 27.2 Å². The Morgan fingerprint density at radius 1 is 0.968 bits per heavy atom. The molecular formula is C25H33N3O2S. The highest BCUT2D eigenvalue weighted by molar-refractivity contribution is 7.10. The predicted molar refractivity (Wildman–Crippen MR) is 125 cm³/mol. The molecule has 0 radical (unpaired) electrons. The molecule has 4 rings (SSSR count). The van der Waals surface area contributed by atoms with E-state index in [1.54, 1.807) is 0 Å². The maximum atomic E-state index is 13.3. The Hall–Kier alpha value is -2.18. The fourth-order valence-electron chi connectivity index (χ4n) is 4.73. The van der Waals surface area contributed by atoms with Crippen molar-refractivity contribution in [2.75, 3.05) is 39.3 Å². The van der Waals surface area contributed by atoms with Crippen LogP contribution in [0.2, 0.25) is 0 Å². The standard InChI is InChI=1S/C25H33N3O2S/c1-19(2)17-23(29)26-11-6-12-27(15-14-26)24(30)18-28-13-9-22-21(10-16-31-22)25(28)20-7-4-3-5-8-20/h3-5,7-8,10,16,19,25H,6,9,11-15,17-18H2,1-2H3. The third-order valence-corrected chi connectivity index (χ3v) is 7.30. The molecule has 0 bridgehead atoms. The maximum Gasteiger partial charge on any atom is 0.236 e. The van der Waals surface area contributed by atoms with Crippen LogP contribution in [0.5, 0.6) is 0 Å². The number of fused-ring (bicyclic) bond motifs is 1. The summed E-state index contributed by atoms with van der Waals surface area (Å²) in [5.41, 5.74) is 2.59. The van der Waals surface area contributed by atoms with E-state index in [2.05, 4.69) is 54.5 Å². The number of hydrogen-bond donors (Lipinski definition) is 0. The van der Waals surface area contributed by atoms with Gasteiger partial charge >= 0.3 is 0 Å². The van der Waals surface area contributed by atoms with Crippen LogP contribution in [0.4, 0.5) is 0 Å². The molecule has 6 heteroatoms. The Labute approximate surface area is 189 Å². The van der Waals surface area contributed by atoms with Crippen molar-refractivity contribution in [3.05, 3.63) is 57.8 Å². The summed E-state index contributed by atoms with van der Waals surface area (Å²) < 4.78 is 0. The highest BCUT2D eigenvalue weighted by Gasteiger charge is 2.32. The van der Waals surface area contributed by atoms with Crippen LogP contribution in [0.25, 0.3) is 0 Å². The van der Waals surface area contributed by atoms with Gasteiger partial charge in [-0.05, 0) is 41.3 Å². The minimum absolute atomic E-state index is 0.135. The average molecular weight is 440 g/mol. The second kappa shape index (κ2) is 9.96. The molecular weight excluding hydrogens is 406 g/mol. The normalized spacial score (nSPS) is 19.9. The number of rotatable bonds is 5. The van der Waals surface area contributed by atoms with Gasteiger partial charge in [0, 0.05) is 44.0 Å². The summed E-state index contributed by atoms with van der Waals surface area (Å²) in [5.74, 6) is 0.761. The number of hydrogen-bond acceptors (Lipinski definition) is 4. The molecule has 1 fully saturated rings. The Balaban J connectivity index is 1.43. The first-order valence-corrected chi connectivity index (χ1v) is 12.3. The zero-order chi connectivity index (χ0) is 21.8. The molecule has 0 saturated carbocycles. The van der Waals surface area contributed by atoms with Gasteiger partial charge in [-0.15, -0.1) is 11.3 Å². The number of benzene rings is 1. The van der Waals surface area contributed by atoms with Gasteiger partial charge in [-0.25, -0.2) is 0 Å². The molecule has 1 atom stereocenters. The third kappa shape index (κ3) is 5.18. The van der Waals surface area contributed by atoms with Crippen LogP contribution in [-0.2, 0) is 16.0 Å². The summed E-state index contributed by atoms with van der Waals surface area (Å²) in [7, 11) is 0. The third-order valence-electron chi connectivity index (χ3n) is 6.30. The zero-order valence-corrected chi connectivity index (χ0v) is 19.4. The van der Waals surface area contributed by atoms with Gasteiger partial charge in [0.2, 0.25) is 11.8 Å². The van der Waals surface area contributed by atoms with Gasteiger partial charge in [0.1, 0.15) is 0 Å². The fraction of sp³-hybridized carbons (Fsp3) is 0.520. The smallest absolute Gasteiger partial charge is 0.236 e. The molecule has 0 spiro atoms. The largest absolute Gasteiger partial charge is 0.341 e. The van der Waals surface area contributed by atoms with E-state index in [0.717, 1.165) is 32.5 Å². The lowest BCUT2D eigenvalue weighted by atomic mass is 9.93. The van der Waals surface area contributed by atoms with Crippen molar-refractivity contribution in [2.45, 2.75) is 39.2 Å². The molecule has 1 saturated heterocycles. The van der Waals surface area contributed by atoms with Crippen LogP contribution in [0.3, 0.4) is 0 Å². The second-order valence-electron chi connectivity index (χ2n) is 9.05. The first-order valence-electron chi connectivity index (χ1n) is 11.4. The molecule has 0 aliphatic carbocycles. The van der Waals surface area contributed by atoms with Crippen LogP contribution >= 0.6 is 11.3 Å². The summed E-state index contributed by atoms with van der Waals surface area (Å²) in [6.45, 7) is 8.24. The van der Waals surface area contributed by atoms with Crippen molar-refractivity contribution in [3.63, 3.8) is 0 Å². The van der Waals surface area contributed by atoms with E-state index >= 15 is 0 Å². The van der Waals surface area contributed by atoms with Crippen LogP contribution in [0.1, 0.15) is 48.7 Å². The van der Waals surface area contributed by atoms with E-state index in [0.29, 0.717) is 32.0 Å². The number of nitrogens with zero attached hydrogens (tertiary/aromatic N) is 3. The van der Waals surface area contributed by atoms with Crippen molar-refractivity contribution in [3.8, 4) is 0 Å². The number of carbonyl (C=O) groups is 2. The van der Waals surface area contributed by atoms with E-state index in [-0.39, 0.29) is 17.9 Å². The fourth-order valence-corrected chi connectivity index (χ4v) is 5.64. The average Bonchev–Trinajstić information content (AvgIpc) is 3.08. The van der Waals surface area contributed by atoms with Crippen LogP contribution in [0.15, 0.2) is 41.8 Å². The molecule has 1 unspecified atom stereocenters. The van der Waals surface area contributed by atoms with Crippen LogP contribution in [-0.4, -0.2) is 65.8 Å². The lowest BCUT2D eigenvalue weighted by Crippen LogP contribution is -2.45. The van der Waals surface area contributed by atoms with E-state index in [9.17, 15) is 9.59 Å². The molecule has 0 N–H and O–H groups in total. The minimum Gasteiger partial charge on any atom is -0.341 e. The van der Waals surface area contributed by atoms with Gasteiger partial charge in [-0.2, -0.15) is 0 Å². The number of thiophene rings is 1. The first kappa shape index (κ1) is 22.0. The minimum atomic E-state index is 0.135. The molecule has 2 aliphatic heterocycles. The SMILES string of the molecule is CC(C)CC(=O)N1CCCN(C(=O)CN2CCc3sccc3C2c2ccccc2)CC1. The topological polar surface area (TPSA) is 43.9 Å². The van der Waals surface area contributed by atoms with Crippen molar-refractivity contribution >= 4 is 23.2 Å². The van der Waals surface area contributed by atoms with Gasteiger partial charge in [0.05, 0.1) is 12.6 Å². The van der Waals surface area contributed by atoms with Crippen molar-refractivity contribution in [2.24, 2.45) is 5.92 Å². The summed E-state index contributed by atoms with van der Waals surface area (Å²) in [5, 5.41) is 2.17. The van der Waals surface area contributed by atoms with Gasteiger partial charge < -0.3 is 9.80 Å². The monoisotopic (exact) mass is 439 g/mol. The van der Waals surface area contributed by atoms with Crippen LogP contribution < -0.4 is 0 Å². The zero-order valence-electron chi connectivity index (χ0n) is 18.6. The molecule has 2 aliphatic rings. The first-order chi connectivity index (χ1) is 15.0. The van der Waals surface area contributed by atoms with Crippen molar-refractivity contribution in [1.29, 1.82) is 0 Å². The predicted octanol–water partition coefficient (Wildman–Crippen LogP) is 3.80.